The Morgan fingerprint density at radius 2 is 2.00 bits per heavy atom. The lowest BCUT2D eigenvalue weighted by molar-refractivity contribution is 0.0694. The van der Waals surface area contributed by atoms with Crippen LogP contribution in [-0.2, 0) is 6.42 Å². The highest BCUT2D eigenvalue weighted by Crippen LogP contribution is 2.45. The summed E-state index contributed by atoms with van der Waals surface area (Å²) < 4.78 is 7.64. The van der Waals surface area contributed by atoms with Crippen molar-refractivity contribution in [2.75, 3.05) is 7.11 Å². The molecule has 148 valence electrons. The molecule has 29 heavy (non-hydrogen) atoms. The summed E-state index contributed by atoms with van der Waals surface area (Å²) in [6.07, 6.45) is 5.67. The van der Waals surface area contributed by atoms with E-state index in [1.165, 1.54) is 6.20 Å². The molecule has 2 aliphatic rings. The third-order valence-electron chi connectivity index (χ3n) is 5.70. The molecule has 1 saturated carbocycles. The summed E-state index contributed by atoms with van der Waals surface area (Å²) in [6, 6.07) is 5.57. The number of ether oxygens (including phenoxy) is 1. The van der Waals surface area contributed by atoms with Gasteiger partial charge in [-0.2, -0.15) is 0 Å². The van der Waals surface area contributed by atoms with Crippen LogP contribution in [0.5, 0.6) is 5.75 Å². The average molecular weight is 409 g/mol. The molecule has 3 aromatic rings. The molecule has 2 aromatic heterocycles. The van der Waals surface area contributed by atoms with Crippen molar-refractivity contribution in [2.24, 2.45) is 0 Å². The number of aromatic carboxylic acids is 1. The van der Waals surface area contributed by atoms with Crippen molar-refractivity contribution in [2.45, 2.75) is 38.1 Å². The number of hydrogen-bond donors (Lipinski definition) is 1. The normalized spacial score (nSPS) is 16.1. The molecule has 2 heterocycles. The second-order valence-electron chi connectivity index (χ2n) is 7.58. The minimum absolute atomic E-state index is 0.165. The third kappa shape index (κ3) is 2.80. The Bertz CT molecular complexity index is 1250. The molecule has 5 rings (SSSR count). The van der Waals surface area contributed by atoms with Gasteiger partial charge in [0.1, 0.15) is 5.56 Å². The van der Waals surface area contributed by atoms with Gasteiger partial charge in [0.25, 0.3) is 0 Å². The van der Waals surface area contributed by atoms with Gasteiger partial charge in [-0.1, -0.05) is 0 Å². The Hall–Kier alpha value is -2.93. The number of pyridine rings is 1. The van der Waals surface area contributed by atoms with Gasteiger partial charge in [0, 0.05) is 39.5 Å². The van der Waals surface area contributed by atoms with Gasteiger partial charge in [-0.05, 0) is 43.9 Å². The number of nitrogens with zero attached hydrogens (tertiary/aromatic N) is 1. The van der Waals surface area contributed by atoms with E-state index < -0.39 is 11.4 Å². The number of thiophene rings is 1. The first kappa shape index (κ1) is 18.1. The van der Waals surface area contributed by atoms with Crippen molar-refractivity contribution >= 4 is 34.0 Å². The predicted octanol–water partition coefficient (Wildman–Crippen LogP) is 4.29. The SMILES string of the molecule is COc1c(-c2cc3c(s2)CCCC3=O)ccc2c(=O)c(C(=O)O)cn(C3CC3)c12. The number of aromatic nitrogens is 1. The van der Waals surface area contributed by atoms with E-state index in [1.807, 2.05) is 10.6 Å². The van der Waals surface area contributed by atoms with Crippen molar-refractivity contribution in [3.05, 3.63) is 50.6 Å². The number of rotatable bonds is 4. The van der Waals surface area contributed by atoms with Gasteiger partial charge in [-0.15, -0.1) is 11.3 Å². The quantitative estimate of drug-likeness (QED) is 0.695. The molecule has 2 aliphatic carbocycles. The van der Waals surface area contributed by atoms with Gasteiger partial charge in [-0.25, -0.2) is 4.79 Å². The first-order valence-corrected chi connectivity index (χ1v) is 10.5. The summed E-state index contributed by atoms with van der Waals surface area (Å²) in [5.41, 5.74) is 1.51. The molecule has 0 aliphatic heterocycles. The summed E-state index contributed by atoms with van der Waals surface area (Å²) in [7, 11) is 1.56. The number of hydrogen-bond acceptors (Lipinski definition) is 5. The molecule has 0 unspecified atom stereocenters. The number of benzene rings is 1. The van der Waals surface area contributed by atoms with Crippen LogP contribution in [0, 0.1) is 0 Å². The van der Waals surface area contributed by atoms with Crippen LogP contribution in [0.3, 0.4) is 0 Å². The highest BCUT2D eigenvalue weighted by atomic mass is 32.1. The molecule has 0 amide bonds. The topological polar surface area (TPSA) is 85.6 Å². The van der Waals surface area contributed by atoms with Crippen molar-refractivity contribution < 1.29 is 19.4 Å². The van der Waals surface area contributed by atoms with E-state index in [9.17, 15) is 19.5 Å². The molecule has 7 heteroatoms. The summed E-state index contributed by atoms with van der Waals surface area (Å²) >= 11 is 1.59. The summed E-state index contributed by atoms with van der Waals surface area (Å²) in [5.74, 6) is -0.497. The lowest BCUT2D eigenvalue weighted by atomic mass is 9.97. The Morgan fingerprint density at radius 3 is 2.66 bits per heavy atom. The van der Waals surface area contributed by atoms with Crippen LogP contribution in [0.25, 0.3) is 21.3 Å². The molecule has 0 bridgehead atoms. The van der Waals surface area contributed by atoms with Crippen LogP contribution in [0.1, 0.15) is 57.3 Å². The zero-order valence-electron chi connectivity index (χ0n) is 15.9. The molecular formula is C22H19NO5S. The van der Waals surface area contributed by atoms with E-state index in [0.717, 1.165) is 46.6 Å². The minimum Gasteiger partial charge on any atom is -0.494 e. The molecule has 1 N–H and O–H groups in total. The number of aryl methyl sites for hydroxylation is 1. The first-order valence-electron chi connectivity index (χ1n) is 9.65. The van der Waals surface area contributed by atoms with Crippen molar-refractivity contribution in [1.29, 1.82) is 0 Å². The maximum atomic E-state index is 12.8. The molecule has 1 fully saturated rings. The Labute approximate surface area is 170 Å². The highest BCUT2D eigenvalue weighted by Gasteiger charge is 2.30. The second kappa shape index (κ2) is 6.56. The number of carbonyl (C=O) groups is 2. The summed E-state index contributed by atoms with van der Waals surface area (Å²) in [5, 5.41) is 9.80. The molecular weight excluding hydrogens is 390 g/mol. The van der Waals surface area contributed by atoms with Gasteiger partial charge in [0.15, 0.2) is 11.5 Å². The number of carboxylic acid groups (broad SMARTS) is 1. The van der Waals surface area contributed by atoms with E-state index in [1.54, 1.807) is 30.6 Å². The van der Waals surface area contributed by atoms with Crippen molar-refractivity contribution in [3.8, 4) is 16.2 Å². The Morgan fingerprint density at radius 1 is 1.21 bits per heavy atom. The van der Waals surface area contributed by atoms with E-state index in [-0.39, 0.29) is 17.4 Å². The molecule has 6 nitrogen and oxygen atoms in total. The molecule has 0 spiro atoms. The molecule has 1 aromatic carbocycles. The maximum Gasteiger partial charge on any atom is 0.341 e. The van der Waals surface area contributed by atoms with Gasteiger partial charge >= 0.3 is 5.97 Å². The van der Waals surface area contributed by atoms with Crippen LogP contribution in [0.15, 0.2) is 29.2 Å². The van der Waals surface area contributed by atoms with Gasteiger partial charge < -0.3 is 14.4 Å². The monoisotopic (exact) mass is 409 g/mol. The maximum absolute atomic E-state index is 12.8. The number of Topliss-reactive ketones (excluding diaryl/α,β-unsaturated/α-hetero) is 1. The molecule has 0 saturated heterocycles. The first-order chi connectivity index (χ1) is 14.0. The fraction of sp³-hybridized carbons (Fsp3) is 0.318. The zero-order valence-corrected chi connectivity index (χ0v) is 16.7. The van der Waals surface area contributed by atoms with Crippen LogP contribution in [0.4, 0.5) is 0 Å². The van der Waals surface area contributed by atoms with Crippen molar-refractivity contribution in [1.82, 2.24) is 4.57 Å². The van der Waals surface area contributed by atoms with E-state index in [2.05, 4.69) is 0 Å². The third-order valence-corrected chi connectivity index (χ3v) is 6.93. The van der Waals surface area contributed by atoms with Gasteiger partial charge in [-0.3, -0.25) is 9.59 Å². The Kier molecular flexibility index (Phi) is 4.10. The lowest BCUT2D eigenvalue weighted by Gasteiger charge is -2.17. The van der Waals surface area contributed by atoms with E-state index in [4.69, 9.17) is 4.74 Å². The van der Waals surface area contributed by atoms with Crippen LogP contribution < -0.4 is 10.2 Å². The molecule has 0 radical (unpaired) electrons. The molecule has 0 atom stereocenters. The zero-order chi connectivity index (χ0) is 20.3. The van der Waals surface area contributed by atoms with E-state index in [0.29, 0.717) is 23.1 Å². The van der Waals surface area contributed by atoms with Crippen LogP contribution >= 0.6 is 11.3 Å². The van der Waals surface area contributed by atoms with Gasteiger partial charge in [0.05, 0.1) is 18.0 Å². The number of methoxy groups -OCH3 is 1. The number of fused-ring (bicyclic) bond motifs is 2. The van der Waals surface area contributed by atoms with Crippen LogP contribution in [-0.4, -0.2) is 28.5 Å². The predicted molar refractivity (Wildman–Crippen MR) is 111 cm³/mol. The lowest BCUT2D eigenvalue weighted by Crippen LogP contribution is -2.19. The highest BCUT2D eigenvalue weighted by molar-refractivity contribution is 7.16. The summed E-state index contributed by atoms with van der Waals surface area (Å²) in [6.45, 7) is 0. The standard InChI is InChI=1S/C22H19NO5S/c1-28-21-12(18-9-14-16(24)3-2-4-17(14)29-18)7-8-13-19(21)23(11-5-6-11)10-15(20(13)25)22(26)27/h7-11H,2-6H2,1H3,(H,26,27). The fourth-order valence-electron chi connectivity index (χ4n) is 4.14. The number of carboxylic acids is 1. The Balaban J connectivity index is 1.80. The number of ketones is 1. The van der Waals surface area contributed by atoms with E-state index >= 15 is 0 Å². The average Bonchev–Trinajstić information content (AvgIpc) is 3.45. The van der Waals surface area contributed by atoms with Crippen molar-refractivity contribution in [3.63, 3.8) is 0 Å². The smallest absolute Gasteiger partial charge is 0.341 e. The second-order valence-corrected chi connectivity index (χ2v) is 8.72. The fourth-order valence-corrected chi connectivity index (χ4v) is 5.38. The largest absolute Gasteiger partial charge is 0.494 e. The summed E-state index contributed by atoms with van der Waals surface area (Å²) in [4.78, 5) is 38.7. The minimum atomic E-state index is -1.22. The van der Waals surface area contributed by atoms with Crippen LogP contribution in [0.2, 0.25) is 0 Å². The van der Waals surface area contributed by atoms with Gasteiger partial charge in [0.2, 0.25) is 5.43 Å². The number of carbonyl (C=O) groups excluding carboxylic acids is 1.